The minimum atomic E-state index is -0.635. The number of hydrogen-bond donors (Lipinski definition) is 0. The molecule has 0 unspecified atom stereocenters. The van der Waals surface area contributed by atoms with Crippen LogP contribution in [0.25, 0.3) is 0 Å². The number of halogens is 1. The number of piperidine rings is 1. The highest BCUT2D eigenvalue weighted by atomic mass is 35.5. The number of hydrogen-bond acceptors (Lipinski definition) is 8. The number of nitrogens with zero attached hydrogens (tertiary/aromatic N) is 1. The zero-order valence-corrected chi connectivity index (χ0v) is 22.7. The lowest BCUT2D eigenvalue weighted by molar-refractivity contribution is -0.134. The van der Waals surface area contributed by atoms with Crippen LogP contribution in [0.1, 0.15) is 43.1 Å². The summed E-state index contributed by atoms with van der Waals surface area (Å²) >= 11 is 7.84. The second-order valence-corrected chi connectivity index (χ2v) is 11.4. The fourth-order valence-electron chi connectivity index (χ4n) is 6.15. The lowest BCUT2D eigenvalue weighted by Gasteiger charge is -2.59. The Labute approximate surface area is 225 Å². The summed E-state index contributed by atoms with van der Waals surface area (Å²) in [5.74, 6) is -0.491. The van der Waals surface area contributed by atoms with Crippen molar-refractivity contribution >= 4 is 41.1 Å². The number of Topliss-reactive ketones (excluding diaryl/α,β-unsaturated/α-hetero) is 1. The molecule has 0 aromatic heterocycles. The summed E-state index contributed by atoms with van der Waals surface area (Å²) in [6.07, 6.45) is 2.83. The molecule has 4 atom stereocenters. The van der Waals surface area contributed by atoms with E-state index in [0.29, 0.717) is 17.2 Å². The third kappa shape index (κ3) is 4.45. The molecule has 0 N–H and O–H groups in total. The summed E-state index contributed by atoms with van der Waals surface area (Å²) in [6, 6.07) is 11.3. The van der Waals surface area contributed by atoms with Gasteiger partial charge in [0.15, 0.2) is 23.0 Å². The molecular formula is C28H28ClNO6S. The molecule has 1 fully saturated rings. The number of ketones is 1. The van der Waals surface area contributed by atoms with Gasteiger partial charge in [0.05, 0.1) is 12.4 Å². The van der Waals surface area contributed by atoms with Crippen molar-refractivity contribution in [3.63, 3.8) is 0 Å². The average Bonchev–Trinajstić information content (AvgIpc) is 2.84. The number of likely N-dealkylation sites (tertiary alicyclic amines) is 1. The number of methoxy groups -OCH3 is 1. The molecule has 7 nitrogen and oxygen atoms in total. The van der Waals surface area contributed by atoms with E-state index in [9.17, 15) is 14.4 Å². The van der Waals surface area contributed by atoms with Crippen molar-refractivity contribution in [1.29, 1.82) is 0 Å². The predicted molar refractivity (Wildman–Crippen MR) is 140 cm³/mol. The molecule has 5 rings (SSSR count). The molecular weight excluding hydrogens is 514 g/mol. The van der Waals surface area contributed by atoms with Gasteiger partial charge in [0, 0.05) is 53.1 Å². The first kappa shape index (κ1) is 25.8. The first-order valence-corrected chi connectivity index (χ1v) is 13.4. The molecule has 1 heterocycles. The molecule has 1 aliphatic heterocycles. The lowest BCUT2D eigenvalue weighted by atomic mass is 9.53. The number of esters is 2. The van der Waals surface area contributed by atoms with Crippen LogP contribution in [0.3, 0.4) is 0 Å². The molecule has 2 aliphatic carbocycles. The molecule has 2 aromatic carbocycles. The maximum Gasteiger partial charge on any atom is 0.308 e. The second-order valence-electron chi connectivity index (χ2n) is 9.77. The lowest BCUT2D eigenvalue weighted by Crippen LogP contribution is -2.61. The Morgan fingerprint density at radius 2 is 1.78 bits per heavy atom. The van der Waals surface area contributed by atoms with Gasteiger partial charge in [-0.25, -0.2) is 0 Å². The summed E-state index contributed by atoms with van der Waals surface area (Å²) < 4.78 is 16.8. The Morgan fingerprint density at radius 1 is 1.08 bits per heavy atom. The highest BCUT2D eigenvalue weighted by Gasteiger charge is 2.60. The van der Waals surface area contributed by atoms with Gasteiger partial charge >= 0.3 is 11.9 Å². The van der Waals surface area contributed by atoms with Gasteiger partial charge < -0.3 is 19.1 Å². The van der Waals surface area contributed by atoms with Crippen LogP contribution < -0.4 is 9.47 Å². The number of carbonyl (C=O) groups is 3. The van der Waals surface area contributed by atoms with Crippen molar-refractivity contribution in [2.75, 3.05) is 20.7 Å². The number of fused-ring (bicyclic) bond motifs is 1. The molecule has 2 bridgehead atoms. The van der Waals surface area contributed by atoms with E-state index < -0.39 is 17.4 Å². The van der Waals surface area contributed by atoms with E-state index in [1.807, 2.05) is 36.4 Å². The van der Waals surface area contributed by atoms with Crippen molar-refractivity contribution in [2.24, 2.45) is 5.92 Å². The number of likely N-dealkylation sites (N-methyl/N-ethyl adjacent to an activating group) is 1. The number of benzene rings is 2. The minimum absolute atomic E-state index is 0.0323. The van der Waals surface area contributed by atoms with Gasteiger partial charge in [-0.1, -0.05) is 17.7 Å². The average molecular weight is 542 g/mol. The second kappa shape index (κ2) is 9.82. The third-order valence-corrected chi connectivity index (χ3v) is 9.15. The van der Waals surface area contributed by atoms with E-state index >= 15 is 0 Å². The van der Waals surface area contributed by atoms with Gasteiger partial charge in [-0.3, -0.25) is 14.4 Å². The maximum absolute atomic E-state index is 13.2. The molecule has 0 amide bonds. The van der Waals surface area contributed by atoms with Crippen LogP contribution in [-0.4, -0.2) is 49.4 Å². The van der Waals surface area contributed by atoms with Crippen LogP contribution in [0.4, 0.5) is 0 Å². The largest absolute Gasteiger partial charge is 0.493 e. The molecule has 0 spiro atoms. The van der Waals surface area contributed by atoms with Crippen LogP contribution in [0.15, 0.2) is 53.1 Å². The first-order valence-electron chi connectivity index (χ1n) is 12.1. The summed E-state index contributed by atoms with van der Waals surface area (Å²) in [5.41, 5.74) is 1.09. The molecule has 9 heteroatoms. The standard InChI is InChI=1S/C28H28ClNO6S/c1-15(31)35-22-10-9-19-24(26(22)36-16(2)32)28-11-12-30(3)25(20(28)13-23(34-4)21(33)14-28)27(19)37-18-7-5-17(29)6-8-18/h5-10,13,20,25,27H,11-12,14H2,1-4H3/t20-,25-,27-,28-/m1/s1. The molecule has 0 saturated carbocycles. The fraction of sp³-hybridized carbons (Fsp3) is 0.393. The zero-order valence-electron chi connectivity index (χ0n) is 21.1. The van der Waals surface area contributed by atoms with E-state index in [0.717, 1.165) is 22.6 Å². The van der Waals surface area contributed by atoms with E-state index in [1.54, 1.807) is 17.8 Å². The fourth-order valence-corrected chi connectivity index (χ4v) is 7.71. The summed E-state index contributed by atoms with van der Waals surface area (Å²) in [5, 5.41) is 0.576. The van der Waals surface area contributed by atoms with Crippen molar-refractivity contribution in [2.45, 2.75) is 48.3 Å². The van der Waals surface area contributed by atoms with Crippen molar-refractivity contribution in [1.82, 2.24) is 4.90 Å². The van der Waals surface area contributed by atoms with Crippen molar-refractivity contribution in [3.8, 4) is 11.5 Å². The minimum Gasteiger partial charge on any atom is -0.493 e. The molecule has 3 aliphatic rings. The smallest absolute Gasteiger partial charge is 0.308 e. The Hall–Kier alpha value is -2.81. The van der Waals surface area contributed by atoms with Gasteiger partial charge in [0.2, 0.25) is 0 Å². The molecule has 194 valence electrons. The predicted octanol–water partition coefficient (Wildman–Crippen LogP) is 5.10. The molecule has 0 radical (unpaired) electrons. The van der Waals surface area contributed by atoms with E-state index in [1.165, 1.54) is 21.0 Å². The number of allylic oxidation sites excluding steroid dienone is 1. The Bertz CT molecular complexity index is 1310. The zero-order chi connectivity index (χ0) is 26.5. The molecule has 1 saturated heterocycles. The monoisotopic (exact) mass is 541 g/mol. The Balaban J connectivity index is 1.79. The van der Waals surface area contributed by atoms with Crippen LogP contribution in [0.5, 0.6) is 11.5 Å². The number of carbonyl (C=O) groups excluding carboxylic acids is 3. The highest BCUT2D eigenvalue weighted by molar-refractivity contribution is 7.99. The van der Waals surface area contributed by atoms with Gasteiger partial charge in [-0.15, -0.1) is 11.8 Å². The normalized spacial score (nSPS) is 26.5. The summed E-state index contributed by atoms with van der Waals surface area (Å²) in [7, 11) is 3.62. The summed E-state index contributed by atoms with van der Waals surface area (Å²) in [6.45, 7) is 3.38. The quantitative estimate of drug-likeness (QED) is 0.382. The van der Waals surface area contributed by atoms with E-state index in [4.69, 9.17) is 25.8 Å². The number of ether oxygens (including phenoxy) is 3. The third-order valence-electron chi connectivity index (χ3n) is 7.57. The van der Waals surface area contributed by atoms with Crippen LogP contribution in [-0.2, 0) is 24.5 Å². The molecule has 2 aromatic rings. The van der Waals surface area contributed by atoms with Crippen molar-refractivity contribution < 1.29 is 28.6 Å². The maximum atomic E-state index is 13.2. The SMILES string of the molecule is COC1=C[C@@H]2[C@@H]3[C@H](Sc4ccc(Cl)cc4)c4ccc(OC(C)=O)c(OC(C)=O)c4[C@]2(CCN3C)CC1=O. The first-order chi connectivity index (χ1) is 17.6. The van der Waals surface area contributed by atoms with Crippen molar-refractivity contribution in [3.05, 3.63) is 64.4 Å². The van der Waals surface area contributed by atoms with Gasteiger partial charge in [-0.05, 0) is 62.0 Å². The van der Waals surface area contributed by atoms with E-state index in [-0.39, 0.29) is 40.9 Å². The highest BCUT2D eigenvalue weighted by Crippen LogP contribution is 2.63. The van der Waals surface area contributed by atoms with Gasteiger partial charge in [0.25, 0.3) is 0 Å². The molecule has 37 heavy (non-hydrogen) atoms. The topological polar surface area (TPSA) is 82.1 Å². The van der Waals surface area contributed by atoms with Crippen LogP contribution in [0.2, 0.25) is 5.02 Å². The van der Waals surface area contributed by atoms with Gasteiger partial charge in [-0.2, -0.15) is 0 Å². The van der Waals surface area contributed by atoms with Crippen LogP contribution in [0, 0.1) is 5.92 Å². The number of thioether (sulfide) groups is 1. The van der Waals surface area contributed by atoms with Gasteiger partial charge in [0.1, 0.15) is 0 Å². The Kier molecular flexibility index (Phi) is 6.85. The van der Waals surface area contributed by atoms with Crippen LogP contribution >= 0.6 is 23.4 Å². The Morgan fingerprint density at radius 3 is 2.43 bits per heavy atom. The van der Waals surface area contributed by atoms with E-state index in [2.05, 4.69) is 11.9 Å². The summed E-state index contributed by atoms with van der Waals surface area (Å²) in [4.78, 5) is 40.9. The number of rotatable bonds is 5.